The maximum absolute atomic E-state index is 12.3. The third-order valence-corrected chi connectivity index (χ3v) is 7.52. The highest BCUT2D eigenvalue weighted by Gasteiger charge is 2.44. The molecule has 184 valence electrons. The van der Waals surface area contributed by atoms with Crippen LogP contribution in [0.15, 0.2) is 36.5 Å². The molecule has 0 aliphatic heterocycles. The third kappa shape index (κ3) is 6.13. The van der Waals surface area contributed by atoms with Gasteiger partial charge in [-0.15, -0.1) is 5.10 Å². The van der Waals surface area contributed by atoms with Gasteiger partial charge in [0, 0.05) is 6.20 Å². The van der Waals surface area contributed by atoms with Crippen LogP contribution >= 0.6 is 0 Å². The SMILES string of the molecule is CCCCC[C@H](O)CC[C@@H]1C2Cc3cccc(OCC(=O)Nc4cccnn4)c3C[C@H]2C[C@H]1O. The van der Waals surface area contributed by atoms with Gasteiger partial charge in [-0.2, -0.15) is 5.10 Å². The molecule has 3 N–H and O–H groups in total. The molecular weight excluding hydrogens is 430 g/mol. The molecule has 1 amide bonds. The van der Waals surface area contributed by atoms with Crippen molar-refractivity contribution in [3.63, 3.8) is 0 Å². The van der Waals surface area contributed by atoms with Gasteiger partial charge in [-0.1, -0.05) is 38.3 Å². The number of carbonyl (C=O) groups excluding carboxylic acids is 1. The van der Waals surface area contributed by atoms with Gasteiger partial charge in [0.25, 0.3) is 5.91 Å². The van der Waals surface area contributed by atoms with E-state index in [0.717, 1.165) is 69.1 Å². The van der Waals surface area contributed by atoms with Gasteiger partial charge in [0.15, 0.2) is 12.4 Å². The van der Waals surface area contributed by atoms with Crippen LogP contribution in [0, 0.1) is 17.8 Å². The molecule has 0 bridgehead atoms. The number of ether oxygens (including phenoxy) is 1. The van der Waals surface area contributed by atoms with Crippen molar-refractivity contribution < 1.29 is 19.7 Å². The summed E-state index contributed by atoms with van der Waals surface area (Å²) < 4.78 is 5.91. The first-order valence-electron chi connectivity index (χ1n) is 12.7. The molecule has 4 rings (SSSR count). The number of nitrogens with zero attached hydrogens (tertiary/aromatic N) is 2. The predicted octanol–water partition coefficient (Wildman–Crippen LogP) is 3.93. The van der Waals surface area contributed by atoms with Crippen LogP contribution in [0.25, 0.3) is 0 Å². The van der Waals surface area contributed by atoms with Crippen LogP contribution in [0.4, 0.5) is 5.82 Å². The number of aromatic nitrogens is 2. The van der Waals surface area contributed by atoms with Crippen LogP contribution in [0.3, 0.4) is 0 Å². The van der Waals surface area contributed by atoms with Crippen LogP contribution < -0.4 is 10.1 Å². The second kappa shape index (κ2) is 11.8. The normalized spacial score (nSPS) is 24.2. The summed E-state index contributed by atoms with van der Waals surface area (Å²) in [7, 11) is 0. The van der Waals surface area contributed by atoms with Gasteiger partial charge in [-0.3, -0.25) is 4.79 Å². The summed E-state index contributed by atoms with van der Waals surface area (Å²) >= 11 is 0. The van der Waals surface area contributed by atoms with Gasteiger partial charge in [-0.05, 0) is 85.6 Å². The first-order valence-corrected chi connectivity index (χ1v) is 12.7. The number of unbranched alkanes of at least 4 members (excludes halogenated alkanes) is 2. The van der Waals surface area contributed by atoms with E-state index in [2.05, 4.69) is 28.5 Å². The van der Waals surface area contributed by atoms with Crippen LogP contribution in [-0.2, 0) is 17.6 Å². The minimum Gasteiger partial charge on any atom is -0.483 e. The second-order valence-electron chi connectivity index (χ2n) is 9.87. The van der Waals surface area contributed by atoms with E-state index in [0.29, 0.717) is 17.7 Å². The highest BCUT2D eigenvalue weighted by atomic mass is 16.5. The Hall–Kier alpha value is -2.51. The monoisotopic (exact) mass is 467 g/mol. The lowest BCUT2D eigenvalue weighted by Crippen LogP contribution is -2.28. The second-order valence-corrected chi connectivity index (χ2v) is 9.87. The number of hydrogen-bond acceptors (Lipinski definition) is 6. The fraction of sp³-hybridized carbons (Fsp3) is 0.593. The van der Waals surface area contributed by atoms with Crippen molar-refractivity contribution in [2.45, 2.75) is 76.9 Å². The number of amides is 1. The molecule has 5 atom stereocenters. The van der Waals surface area contributed by atoms with Crippen molar-refractivity contribution in [2.75, 3.05) is 11.9 Å². The molecule has 0 saturated heterocycles. The standard InChI is InChI=1S/C27H37N3O4/c1-2-3-4-8-20(31)11-12-21-22-14-18-7-5-9-25(23(18)15-19(22)16-24(21)32)34-17-27(33)29-26-10-6-13-28-30-26/h5-7,9-10,13,19-22,24,31-32H,2-4,8,11-12,14-17H2,1H3,(H,29,30,33)/t19-,20-,21+,22?,24+/m0/s1. The van der Waals surface area contributed by atoms with Gasteiger partial charge >= 0.3 is 0 Å². The van der Waals surface area contributed by atoms with Crippen LogP contribution in [0.5, 0.6) is 5.75 Å². The van der Waals surface area contributed by atoms with E-state index in [9.17, 15) is 15.0 Å². The minimum atomic E-state index is -0.311. The number of aliphatic hydroxyl groups is 2. The quantitative estimate of drug-likeness (QED) is 0.433. The van der Waals surface area contributed by atoms with E-state index in [4.69, 9.17) is 4.74 Å². The van der Waals surface area contributed by atoms with Crippen molar-refractivity contribution in [3.8, 4) is 5.75 Å². The van der Waals surface area contributed by atoms with Crippen molar-refractivity contribution in [1.29, 1.82) is 0 Å². The first-order chi connectivity index (χ1) is 16.5. The molecule has 0 spiro atoms. The minimum absolute atomic E-state index is 0.0949. The Bertz CT molecular complexity index is 939. The molecule has 1 heterocycles. The lowest BCUT2D eigenvalue weighted by atomic mass is 9.73. The third-order valence-electron chi connectivity index (χ3n) is 7.52. The fourth-order valence-electron chi connectivity index (χ4n) is 5.79. The van der Waals surface area contributed by atoms with Crippen LogP contribution in [0.1, 0.15) is 63.0 Å². The summed E-state index contributed by atoms with van der Waals surface area (Å²) in [6, 6.07) is 9.43. The van der Waals surface area contributed by atoms with Gasteiger partial charge in [0.05, 0.1) is 12.2 Å². The lowest BCUT2D eigenvalue weighted by Gasteiger charge is -2.32. The molecule has 7 nitrogen and oxygen atoms in total. The Morgan fingerprint density at radius 1 is 1.21 bits per heavy atom. The number of hydrogen-bond donors (Lipinski definition) is 3. The van der Waals surface area contributed by atoms with E-state index in [1.54, 1.807) is 18.3 Å². The number of fused-ring (bicyclic) bond motifs is 2. The van der Waals surface area contributed by atoms with Crippen LogP contribution in [0.2, 0.25) is 0 Å². The molecule has 7 heteroatoms. The summed E-state index contributed by atoms with van der Waals surface area (Å²) in [5, 5.41) is 31.5. The van der Waals surface area contributed by atoms with Gasteiger partial charge in [-0.25, -0.2) is 0 Å². The molecule has 2 aliphatic rings. The van der Waals surface area contributed by atoms with Crippen molar-refractivity contribution >= 4 is 11.7 Å². The fourth-order valence-corrected chi connectivity index (χ4v) is 5.79. The maximum Gasteiger partial charge on any atom is 0.263 e. The molecule has 1 unspecified atom stereocenters. The van der Waals surface area contributed by atoms with E-state index >= 15 is 0 Å². The zero-order valence-corrected chi connectivity index (χ0v) is 20.0. The Kier molecular flexibility index (Phi) is 8.51. The Morgan fingerprint density at radius 2 is 2.09 bits per heavy atom. The molecule has 1 saturated carbocycles. The Morgan fingerprint density at radius 3 is 2.88 bits per heavy atom. The Balaban J connectivity index is 1.34. The molecule has 0 radical (unpaired) electrons. The van der Waals surface area contributed by atoms with Crippen molar-refractivity contribution in [2.24, 2.45) is 17.8 Å². The zero-order valence-electron chi connectivity index (χ0n) is 20.0. The summed E-state index contributed by atoms with van der Waals surface area (Å²) in [6.45, 7) is 2.08. The zero-order chi connectivity index (χ0) is 23.9. The number of anilines is 1. The van der Waals surface area contributed by atoms with Gasteiger partial charge in [0.1, 0.15) is 5.75 Å². The number of nitrogens with one attached hydrogen (secondary N) is 1. The molecule has 1 fully saturated rings. The van der Waals surface area contributed by atoms with E-state index in [1.807, 2.05) is 12.1 Å². The smallest absolute Gasteiger partial charge is 0.263 e. The molecule has 1 aromatic carbocycles. The summed E-state index contributed by atoms with van der Waals surface area (Å²) in [4.78, 5) is 12.3. The average molecular weight is 468 g/mol. The summed E-state index contributed by atoms with van der Waals surface area (Å²) in [5.41, 5.74) is 2.40. The molecule has 34 heavy (non-hydrogen) atoms. The largest absolute Gasteiger partial charge is 0.483 e. The molecule has 2 aliphatic carbocycles. The number of aliphatic hydroxyl groups excluding tert-OH is 2. The van der Waals surface area contributed by atoms with E-state index < -0.39 is 0 Å². The molecule has 1 aromatic heterocycles. The number of carbonyl (C=O) groups is 1. The molecular formula is C27H37N3O4. The maximum atomic E-state index is 12.3. The highest BCUT2D eigenvalue weighted by Crippen LogP contribution is 2.48. The lowest BCUT2D eigenvalue weighted by molar-refractivity contribution is -0.118. The predicted molar refractivity (Wildman–Crippen MR) is 130 cm³/mol. The van der Waals surface area contributed by atoms with E-state index in [1.165, 1.54) is 5.56 Å². The number of benzene rings is 1. The van der Waals surface area contributed by atoms with Gasteiger partial charge in [0.2, 0.25) is 0 Å². The van der Waals surface area contributed by atoms with Gasteiger partial charge < -0.3 is 20.3 Å². The first kappa shape index (κ1) is 24.6. The van der Waals surface area contributed by atoms with Crippen molar-refractivity contribution in [3.05, 3.63) is 47.7 Å². The van der Waals surface area contributed by atoms with Crippen molar-refractivity contribution in [1.82, 2.24) is 10.2 Å². The highest BCUT2D eigenvalue weighted by molar-refractivity contribution is 5.90. The number of rotatable bonds is 11. The topological polar surface area (TPSA) is 105 Å². The average Bonchev–Trinajstić information content (AvgIpc) is 3.14. The summed E-state index contributed by atoms with van der Waals surface area (Å²) in [6.07, 6.45) is 9.45. The van der Waals surface area contributed by atoms with E-state index in [-0.39, 0.29) is 30.6 Å². The molecule has 2 aromatic rings. The summed E-state index contributed by atoms with van der Waals surface area (Å²) in [5.74, 6) is 1.94. The van der Waals surface area contributed by atoms with Crippen LogP contribution in [-0.4, -0.2) is 45.1 Å². The Labute approximate surface area is 202 Å².